The molecule has 0 spiro atoms. The number of nitriles is 1. The van der Waals surface area contributed by atoms with Crippen molar-refractivity contribution >= 4 is 19.8 Å². The van der Waals surface area contributed by atoms with Crippen molar-refractivity contribution in [3.63, 3.8) is 0 Å². The predicted octanol–water partition coefficient (Wildman–Crippen LogP) is 2.59. The molecule has 0 radical (unpaired) electrons. The lowest BCUT2D eigenvalue weighted by Crippen LogP contribution is -2.49. The van der Waals surface area contributed by atoms with Gasteiger partial charge in [0.05, 0.1) is 23.1 Å². The molecule has 1 fully saturated rings. The number of amides is 1. The number of carbonyl (C=O) groups excluding carboxylic acids is 1. The molecule has 4 rings (SSSR count). The van der Waals surface area contributed by atoms with E-state index in [0.717, 1.165) is 30.6 Å². The Kier molecular flexibility index (Phi) is 4.82. The minimum Gasteiger partial charge on any atom is -0.368 e. The summed E-state index contributed by atoms with van der Waals surface area (Å²) in [6.07, 6.45) is 7.63. The first kappa shape index (κ1) is 17.9. The van der Waals surface area contributed by atoms with Gasteiger partial charge in [-0.05, 0) is 42.1 Å². The fraction of sp³-hybridized carbons (Fsp3) is 0.300. The molecule has 0 saturated carbocycles. The minimum absolute atomic E-state index is 0.0598. The van der Waals surface area contributed by atoms with Crippen LogP contribution in [0.2, 0.25) is 0 Å². The summed E-state index contributed by atoms with van der Waals surface area (Å²) < 4.78 is 13.8. The van der Waals surface area contributed by atoms with E-state index in [1.807, 2.05) is 12.3 Å². The van der Waals surface area contributed by atoms with Gasteiger partial charge in [-0.1, -0.05) is 14.7 Å². The van der Waals surface area contributed by atoms with E-state index in [4.69, 9.17) is 5.26 Å². The Hall–Kier alpha value is -2.48. The second-order valence-electron chi connectivity index (χ2n) is 6.95. The number of nitrogens with zero attached hydrogens (tertiary/aromatic N) is 3. The number of benzene rings is 1. The minimum atomic E-state index is -0.459. The smallest absolute Gasteiger partial charge is 0.252 e. The molecule has 7 heteroatoms. The highest BCUT2D eigenvalue weighted by Gasteiger charge is 2.30. The van der Waals surface area contributed by atoms with Crippen LogP contribution < -0.4 is 5.32 Å². The van der Waals surface area contributed by atoms with Gasteiger partial charge < -0.3 is 15.1 Å². The largest absolute Gasteiger partial charge is 0.368 e. The van der Waals surface area contributed by atoms with Gasteiger partial charge in [-0.3, -0.25) is 4.79 Å². The van der Waals surface area contributed by atoms with Gasteiger partial charge in [0.2, 0.25) is 0 Å². The normalized spacial score (nSPS) is 25.7. The van der Waals surface area contributed by atoms with Gasteiger partial charge in [0.1, 0.15) is 5.82 Å². The summed E-state index contributed by atoms with van der Waals surface area (Å²) in [5.41, 5.74) is 1.92. The highest BCUT2D eigenvalue weighted by Crippen LogP contribution is 2.45. The van der Waals surface area contributed by atoms with E-state index in [0.29, 0.717) is 20.2 Å². The van der Waals surface area contributed by atoms with Crippen molar-refractivity contribution in [2.24, 2.45) is 0 Å². The molecular weight excluding hydrogens is 362 g/mol. The molecule has 3 aliphatic rings. The van der Waals surface area contributed by atoms with Crippen LogP contribution in [0.1, 0.15) is 18.1 Å². The highest BCUT2D eigenvalue weighted by atomic mass is 31.1. The molecule has 1 aromatic rings. The molecule has 0 bridgehead atoms. The van der Waals surface area contributed by atoms with Crippen molar-refractivity contribution in [2.75, 3.05) is 19.6 Å². The van der Waals surface area contributed by atoms with Gasteiger partial charge in [0, 0.05) is 38.0 Å². The second-order valence-corrected chi connectivity index (χ2v) is 8.37. The maximum atomic E-state index is 13.8. The average molecular weight is 382 g/mol. The molecule has 1 aromatic carbocycles. The Bertz CT molecular complexity index is 917. The summed E-state index contributed by atoms with van der Waals surface area (Å²) in [5.74, 6) is -0.629. The molecule has 1 N–H and O–H groups in total. The molecule has 0 aromatic heterocycles. The number of carbonyl (C=O) groups is 1. The fourth-order valence-electron chi connectivity index (χ4n) is 3.60. The first-order valence-corrected chi connectivity index (χ1v) is 10.0. The molecular formula is C20H20FN4OP. The van der Waals surface area contributed by atoms with E-state index in [9.17, 15) is 9.18 Å². The van der Waals surface area contributed by atoms with Crippen LogP contribution in [-0.4, -0.2) is 47.2 Å². The first-order chi connectivity index (χ1) is 13.0. The van der Waals surface area contributed by atoms with Gasteiger partial charge in [-0.15, -0.1) is 0 Å². The lowest BCUT2D eigenvalue weighted by atomic mass is 10.1. The maximum absolute atomic E-state index is 13.8. The van der Waals surface area contributed by atoms with Crippen LogP contribution in [0.4, 0.5) is 4.39 Å². The highest BCUT2D eigenvalue weighted by molar-refractivity contribution is 7.51. The zero-order chi connectivity index (χ0) is 19.0. The molecule has 0 aliphatic carbocycles. The van der Waals surface area contributed by atoms with Crippen molar-refractivity contribution in [2.45, 2.75) is 18.7 Å². The Morgan fingerprint density at radius 2 is 2.22 bits per heavy atom. The third-order valence-electron chi connectivity index (χ3n) is 4.92. The molecule has 2 unspecified atom stereocenters. The molecule has 3 aliphatic heterocycles. The topological polar surface area (TPSA) is 59.4 Å². The number of rotatable bonds is 2. The van der Waals surface area contributed by atoms with E-state index in [1.54, 1.807) is 17.0 Å². The van der Waals surface area contributed by atoms with Crippen LogP contribution in [0.5, 0.6) is 0 Å². The lowest BCUT2D eigenvalue weighted by Gasteiger charge is -2.39. The molecule has 3 heterocycles. The third-order valence-corrected chi connectivity index (χ3v) is 6.43. The SMILES string of the molecule is C[C@H]1CN(C2=CN3C(=O)C=C(c4cc(F)cc(C#N)c4)PC3C=C2)CCN1. The van der Waals surface area contributed by atoms with Crippen LogP contribution >= 0.6 is 8.58 Å². The number of hydrogen-bond donors (Lipinski definition) is 1. The van der Waals surface area contributed by atoms with E-state index < -0.39 is 5.82 Å². The molecule has 3 atom stereocenters. The maximum Gasteiger partial charge on any atom is 0.252 e. The van der Waals surface area contributed by atoms with Crippen LogP contribution in [0.15, 0.2) is 48.3 Å². The van der Waals surface area contributed by atoms with Crippen molar-refractivity contribution in [1.82, 2.24) is 15.1 Å². The van der Waals surface area contributed by atoms with Crippen LogP contribution in [0.3, 0.4) is 0 Å². The summed E-state index contributed by atoms with van der Waals surface area (Å²) in [6.45, 7) is 4.90. The molecule has 5 nitrogen and oxygen atoms in total. The molecule has 27 heavy (non-hydrogen) atoms. The summed E-state index contributed by atoms with van der Waals surface area (Å²) in [7, 11) is 0.302. The summed E-state index contributed by atoms with van der Waals surface area (Å²) >= 11 is 0. The predicted molar refractivity (Wildman–Crippen MR) is 104 cm³/mol. The monoisotopic (exact) mass is 382 g/mol. The Labute approximate surface area is 159 Å². The van der Waals surface area contributed by atoms with Crippen LogP contribution in [0.25, 0.3) is 5.31 Å². The van der Waals surface area contributed by atoms with Crippen LogP contribution in [0, 0.1) is 17.1 Å². The number of hydrogen-bond acceptors (Lipinski definition) is 4. The number of allylic oxidation sites excluding steroid dienone is 1. The summed E-state index contributed by atoms with van der Waals surface area (Å²) in [6, 6.07) is 6.61. The summed E-state index contributed by atoms with van der Waals surface area (Å²) in [4.78, 5) is 16.8. The third kappa shape index (κ3) is 3.66. The number of nitrogens with one attached hydrogen (secondary N) is 1. The van der Waals surface area contributed by atoms with E-state index >= 15 is 0 Å². The first-order valence-electron chi connectivity index (χ1n) is 8.93. The number of halogens is 1. The number of fused-ring (bicyclic) bond motifs is 1. The van der Waals surface area contributed by atoms with E-state index in [-0.39, 0.29) is 17.3 Å². The zero-order valence-corrected chi connectivity index (χ0v) is 15.9. The van der Waals surface area contributed by atoms with E-state index in [1.165, 1.54) is 12.1 Å². The summed E-state index contributed by atoms with van der Waals surface area (Å²) in [5, 5.41) is 13.3. The standard InChI is InChI=1S/C20H20FN4OP/c1-13-11-24(5-4-23-13)17-2-3-20-25(12-17)19(26)9-18(27-20)15-6-14(10-22)7-16(21)8-15/h2-3,6-9,12-13,20,23,27H,4-5,11H2,1H3/t13-,20?/m0/s1. The average Bonchev–Trinajstić information content (AvgIpc) is 2.67. The second kappa shape index (κ2) is 7.26. The van der Waals surface area contributed by atoms with Crippen molar-refractivity contribution in [3.8, 4) is 6.07 Å². The van der Waals surface area contributed by atoms with Gasteiger partial charge in [-0.2, -0.15) is 5.26 Å². The number of piperazine rings is 1. The van der Waals surface area contributed by atoms with Crippen molar-refractivity contribution in [1.29, 1.82) is 5.26 Å². The Morgan fingerprint density at radius 1 is 1.37 bits per heavy atom. The van der Waals surface area contributed by atoms with Gasteiger partial charge >= 0.3 is 0 Å². The lowest BCUT2D eigenvalue weighted by molar-refractivity contribution is -0.123. The molecule has 138 valence electrons. The zero-order valence-electron chi connectivity index (χ0n) is 14.9. The quantitative estimate of drug-likeness (QED) is 0.799. The fourth-order valence-corrected chi connectivity index (χ4v) is 4.97. The molecule has 1 saturated heterocycles. The van der Waals surface area contributed by atoms with Gasteiger partial charge in [0.25, 0.3) is 5.91 Å². The van der Waals surface area contributed by atoms with Gasteiger partial charge in [0.15, 0.2) is 0 Å². The van der Waals surface area contributed by atoms with Crippen LogP contribution in [-0.2, 0) is 4.79 Å². The molecule has 1 amide bonds. The van der Waals surface area contributed by atoms with Crippen molar-refractivity contribution in [3.05, 3.63) is 65.3 Å². The Morgan fingerprint density at radius 3 is 3.00 bits per heavy atom. The van der Waals surface area contributed by atoms with Gasteiger partial charge in [-0.25, -0.2) is 4.39 Å². The van der Waals surface area contributed by atoms with Crippen molar-refractivity contribution < 1.29 is 9.18 Å². The van der Waals surface area contributed by atoms with E-state index in [2.05, 4.69) is 29.3 Å². The Balaban J connectivity index is 1.59.